The minimum Gasteiger partial charge on any atom is -0.480 e. The van der Waals surface area contributed by atoms with Crippen LogP contribution in [0.5, 0.6) is 0 Å². The van der Waals surface area contributed by atoms with E-state index in [9.17, 15) is 14.0 Å². The summed E-state index contributed by atoms with van der Waals surface area (Å²) in [6, 6.07) is 5.76. The molecular weight excluding hydrogens is 225 g/mol. The number of carbonyl (C=O) groups is 2. The number of hydrogen-bond donors (Lipinski definition) is 2. The van der Waals surface area contributed by atoms with Crippen LogP contribution in [0.25, 0.3) is 0 Å². The number of benzene rings is 1. The molecule has 1 rings (SSSR count). The molecule has 0 aromatic heterocycles. The molecule has 1 amide bonds. The van der Waals surface area contributed by atoms with Crippen molar-refractivity contribution in [1.82, 2.24) is 5.32 Å². The van der Waals surface area contributed by atoms with Crippen molar-refractivity contribution in [1.29, 1.82) is 0 Å². The molecule has 0 aliphatic heterocycles. The van der Waals surface area contributed by atoms with E-state index in [4.69, 9.17) is 5.11 Å². The van der Waals surface area contributed by atoms with Gasteiger partial charge in [-0.15, -0.1) is 0 Å². The van der Waals surface area contributed by atoms with Crippen LogP contribution in [-0.2, 0) is 16.1 Å². The number of carboxylic acids is 1. The van der Waals surface area contributed by atoms with E-state index in [0.29, 0.717) is 5.56 Å². The van der Waals surface area contributed by atoms with E-state index in [1.807, 2.05) is 0 Å². The van der Waals surface area contributed by atoms with E-state index in [1.54, 1.807) is 6.07 Å². The highest BCUT2D eigenvalue weighted by atomic mass is 19.1. The molecule has 0 aliphatic carbocycles. The Bertz CT molecular complexity index is 443. The van der Waals surface area contributed by atoms with E-state index in [-0.39, 0.29) is 6.54 Å². The van der Waals surface area contributed by atoms with Crippen LogP contribution in [0, 0.1) is 11.2 Å². The number of nitrogens with one attached hydrogen (secondary N) is 1. The first kappa shape index (κ1) is 13.2. The zero-order valence-corrected chi connectivity index (χ0v) is 9.66. The smallest absolute Gasteiger partial charge is 0.318 e. The lowest BCUT2D eigenvalue weighted by molar-refractivity contribution is -0.153. The highest BCUT2D eigenvalue weighted by Crippen LogP contribution is 2.15. The maximum Gasteiger partial charge on any atom is 0.318 e. The third-order valence-corrected chi connectivity index (χ3v) is 2.44. The molecule has 1 aromatic carbocycles. The van der Waals surface area contributed by atoms with Crippen LogP contribution < -0.4 is 5.32 Å². The summed E-state index contributed by atoms with van der Waals surface area (Å²) in [4.78, 5) is 22.4. The van der Waals surface area contributed by atoms with Crippen molar-refractivity contribution in [3.05, 3.63) is 35.6 Å². The summed E-state index contributed by atoms with van der Waals surface area (Å²) in [5, 5.41) is 11.3. The standard InChI is InChI=1S/C12H14FNO3/c1-12(2,11(16)17)10(15)14-7-8-4-3-5-9(13)6-8/h3-6H,7H2,1-2H3,(H,14,15)(H,16,17). The predicted octanol–water partition coefficient (Wildman–Crippen LogP) is 1.55. The predicted molar refractivity (Wildman–Crippen MR) is 59.7 cm³/mol. The van der Waals surface area contributed by atoms with Gasteiger partial charge in [-0.1, -0.05) is 12.1 Å². The molecule has 0 spiro atoms. The second-order valence-corrected chi connectivity index (χ2v) is 4.24. The molecule has 0 saturated carbocycles. The second kappa shape index (κ2) is 4.95. The molecule has 5 heteroatoms. The molecular formula is C12H14FNO3. The molecule has 0 fully saturated rings. The first-order valence-electron chi connectivity index (χ1n) is 5.10. The van der Waals surface area contributed by atoms with Gasteiger partial charge in [-0.25, -0.2) is 4.39 Å². The van der Waals surface area contributed by atoms with E-state index < -0.39 is 23.1 Å². The molecule has 0 radical (unpaired) electrons. The molecule has 0 heterocycles. The fourth-order valence-electron chi connectivity index (χ4n) is 1.15. The van der Waals surface area contributed by atoms with Crippen molar-refractivity contribution in [2.75, 3.05) is 0 Å². The Balaban J connectivity index is 2.63. The summed E-state index contributed by atoms with van der Waals surface area (Å²) in [7, 11) is 0. The molecule has 92 valence electrons. The number of rotatable bonds is 4. The summed E-state index contributed by atoms with van der Waals surface area (Å²) < 4.78 is 12.8. The van der Waals surface area contributed by atoms with Crippen LogP contribution in [0.4, 0.5) is 4.39 Å². The van der Waals surface area contributed by atoms with E-state index in [0.717, 1.165) is 0 Å². The Kier molecular flexibility index (Phi) is 3.83. The molecule has 1 aromatic rings. The number of carboxylic acid groups (broad SMARTS) is 1. The van der Waals surface area contributed by atoms with Crippen LogP contribution in [0.15, 0.2) is 24.3 Å². The van der Waals surface area contributed by atoms with Gasteiger partial charge in [-0.2, -0.15) is 0 Å². The number of halogens is 1. The molecule has 17 heavy (non-hydrogen) atoms. The Morgan fingerprint density at radius 2 is 2.06 bits per heavy atom. The van der Waals surface area contributed by atoms with E-state index in [2.05, 4.69) is 5.32 Å². The highest BCUT2D eigenvalue weighted by Gasteiger charge is 2.35. The third kappa shape index (κ3) is 3.27. The molecule has 0 aliphatic rings. The van der Waals surface area contributed by atoms with Crippen LogP contribution in [0.1, 0.15) is 19.4 Å². The Morgan fingerprint density at radius 3 is 2.59 bits per heavy atom. The first-order chi connectivity index (χ1) is 7.84. The summed E-state index contributed by atoms with van der Waals surface area (Å²) in [6.45, 7) is 2.74. The van der Waals surface area contributed by atoms with Crippen molar-refractivity contribution in [3.63, 3.8) is 0 Å². The van der Waals surface area contributed by atoms with Crippen molar-refractivity contribution < 1.29 is 19.1 Å². The molecule has 0 unspecified atom stereocenters. The first-order valence-corrected chi connectivity index (χ1v) is 5.10. The molecule has 0 bridgehead atoms. The largest absolute Gasteiger partial charge is 0.480 e. The van der Waals surface area contributed by atoms with Gasteiger partial charge in [-0.3, -0.25) is 9.59 Å². The SMILES string of the molecule is CC(C)(C(=O)O)C(=O)NCc1cccc(F)c1. The summed E-state index contributed by atoms with van der Waals surface area (Å²) in [5.41, 5.74) is -0.910. The lowest BCUT2D eigenvalue weighted by Gasteiger charge is -2.18. The molecule has 4 nitrogen and oxygen atoms in total. The van der Waals surface area contributed by atoms with Crippen molar-refractivity contribution in [2.45, 2.75) is 20.4 Å². The van der Waals surface area contributed by atoms with Gasteiger partial charge in [0.25, 0.3) is 0 Å². The second-order valence-electron chi connectivity index (χ2n) is 4.24. The normalized spacial score (nSPS) is 11.0. The number of carbonyl (C=O) groups excluding carboxylic acids is 1. The average molecular weight is 239 g/mol. The number of hydrogen-bond acceptors (Lipinski definition) is 2. The van der Waals surface area contributed by atoms with Crippen molar-refractivity contribution in [2.24, 2.45) is 5.41 Å². The van der Waals surface area contributed by atoms with Gasteiger partial charge in [0.1, 0.15) is 11.2 Å². The molecule has 0 atom stereocenters. The monoisotopic (exact) mass is 239 g/mol. The van der Waals surface area contributed by atoms with Crippen molar-refractivity contribution in [3.8, 4) is 0 Å². The van der Waals surface area contributed by atoms with Gasteiger partial charge in [0.05, 0.1) is 0 Å². The summed E-state index contributed by atoms with van der Waals surface area (Å²) in [5.74, 6) is -2.20. The zero-order chi connectivity index (χ0) is 13.1. The number of amides is 1. The van der Waals surface area contributed by atoms with Gasteiger partial charge in [-0.05, 0) is 31.5 Å². The maximum absolute atomic E-state index is 12.8. The van der Waals surface area contributed by atoms with Gasteiger partial charge in [0.15, 0.2) is 0 Å². The minimum atomic E-state index is -1.49. The quantitative estimate of drug-likeness (QED) is 0.783. The minimum absolute atomic E-state index is 0.104. The summed E-state index contributed by atoms with van der Waals surface area (Å²) in [6.07, 6.45) is 0. The van der Waals surface area contributed by atoms with Crippen molar-refractivity contribution >= 4 is 11.9 Å². The Labute approximate surface area is 98.5 Å². The Morgan fingerprint density at radius 1 is 1.41 bits per heavy atom. The maximum atomic E-state index is 12.8. The molecule has 0 saturated heterocycles. The topological polar surface area (TPSA) is 66.4 Å². The van der Waals surface area contributed by atoms with Crippen LogP contribution in [0.3, 0.4) is 0 Å². The lowest BCUT2D eigenvalue weighted by atomic mass is 9.92. The average Bonchev–Trinajstić information content (AvgIpc) is 2.25. The summed E-state index contributed by atoms with van der Waals surface area (Å²) >= 11 is 0. The van der Waals surface area contributed by atoms with Crippen LogP contribution >= 0.6 is 0 Å². The van der Waals surface area contributed by atoms with Gasteiger partial charge < -0.3 is 10.4 Å². The fraction of sp³-hybridized carbons (Fsp3) is 0.333. The molecule has 2 N–H and O–H groups in total. The highest BCUT2D eigenvalue weighted by molar-refractivity contribution is 6.00. The van der Waals surface area contributed by atoms with Crippen LogP contribution in [0.2, 0.25) is 0 Å². The van der Waals surface area contributed by atoms with E-state index in [1.165, 1.54) is 32.0 Å². The van der Waals surface area contributed by atoms with Crippen LogP contribution in [-0.4, -0.2) is 17.0 Å². The fourth-order valence-corrected chi connectivity index (χ4v) is 1.15. The number of aliphatic carboxylic acids is 1. The van der Waals surface area contributed by atoms with E-state index >= 15 is 0 Å². The lowest BCUT2D eigenvalue weighted by Crippen LogP contribution is -2.41. The zero-order valence-electron chi connectivity index (χ0n) is 9.66. The van der Waals surface area contributed by atoms with Gasteiger partial charge in [0, 0.05) is 6.54 Å². The third-order valence-electron chi connectivity index (χ3n) is 2.44. The van der Waals surface area contributed by atoms with Gasteiger partial charge in [0.2, 0.25) is 5.91 Å². The van der Waals surface area contributed by atoms with Gasteiger partial charge >= 0.3 is 5.97 Å². The Hall–Kier alpha value is -1.91.